The van der Waals surface area contributed by atoms with Crippen molar-refractivity contribution in [1.82, 2.24) is 0 Å². The molecule has 2 aliphatic rings. The minimum Gasteiger partial charge on any atom is -0.508 e. The van der Waals surface area contributed by atoms with E-state index in [1.165, 1.54) is 51.4 Å². The quantitative estimate of drug-likeness (QED) is 0.266. The lowest BCUT2D eigenvalue weighted by Gasteiger charge is -2.17. The number of hydrogen-bond acceptors (Lipinski definition) is 5. The maximum Gasteiger partial charge on any atom is 0.225 e. The van der Waals surface area contributed by atoms with E-state index in [9.17, 15) is 15.0 Å². The van der Waals surface area contributed by atoms with Gasteiger partial charge in [0.25, 0.3) is 0 Å². The van der Waals surface area contributed by atoms with Crippen LogP contribution in [0, 0.1) is 11.8 Å². The Labute approximate surface area is 157 Å². The molecule has 5 heteroatoms. The molecule has 1 saturated heterocycles. The third-order valence-corrected chi connectivity index (χ3v) is 6.12. The first kappa shape index (κ1) is 21.2. The molecular formula is C21H36O5. The maximum absolute atomic E-state index is 11.2. The number of rotatable bonds is 12. The van der Waals surface area contributed by atoms with E-state index in [-0.39, 0.29) is 18.3 Å². The first-order valence-corrected chi connectivity index (χ1v) is 10.5. The molecule has 3 N–H and O–H groups in total. The number of Topliss-reactive ketones (excluding diaryl/α,β-unsaturated/α-hetero) is 1. The average Bonchev–Trinajstić information content (AvgIpc) is 3.22. The summed E-state index contributed by atoms with van der Waals surface area (Å²) in [5.41, 5.74) is 0. The van der Waals surface area contributed by atoms with Crippen LogP contribution in [-0.4, -0.2) is 39.9 Å². The average molecular weight is 369 g/mol. The van der Waals surface area contributed by atoms with Crippen LogP contribution in [0.1, 0.15) is 84.0 Å². The molecule has 0 bridgehead atoms. The molecule has 1 saturated carbocycles. The zero-order valence-electron chi connectivity index (χ0n) is 16.2. The van der Waals surface area contributed by atoms with Crippen LogP contribution >= 0.6 is 0 Å². The van der Waals surface area contributed by atoms with E-state index in [1.807, 2.05) is 0 Å². The van der Waals surface area contributed by atoms with Crippen molar-refractivity contribution in [2.24, 2.45) is 11.8 Å². The van der Waals surface area contributed by atoms with E-state index >= 15 is 0 Å². The molecule has 1 unspecified atom stereocenters. The summed E-state index contributed by atoms with van der Waals surface area (Å²) in [5, 5.41) is 28.0. The van der Waals surface area contributed by atoms with Gasteiger partial charge in [0, 0.05) is 6.42 Å². The van der Waals surface area contributed by atoms with E-state index in [4.69, 9.17) is 9.84 Å². The zero-order valence-corrected chi connectivity index (χ0v) is 16.2. The lowest BCUT2D eigenvalue weighted by molar-refractivity contribution is -0.120. The molecular weight excluding hydrogens is 332 g/mol. The summed E-state index contributed by atoms with van der Waals surface area (Å²) in [6, 6.07) is 0. The van der Waals surface area contributed by atoms with Crippen molar-refractivity contribution in [2.75, 3.05) is 6.61 Å². The predicted molar refractivity (Wildman–Crippen MR) is 101 cm³/mol. The van der Waals surface area contributed by atoms with E-state index in [2.05, 4.69) is 6.92 Å². The molecule has 26 heavy (non-hydrogen) atoms. The van der Waals surface area contributed by atoms with Gasteiger partial charge in [0.2, 0.25) is 5.78 Å². The van der Waals surface area contributed by atoms with Gasteiger partial charge >= 0.3 is 0 Å². The van der Waals surface area contributed by atoms with Gasteiger partial charge < -0.3 is 20.1 Å². The number of aliphatic hydroxyl groups is 3. The second-order valence-corrected chi connectivity index (χ2v) is 8.01. The Morgan fingerprint density at radius 1 is 1.04 bits per heavy atom. The number of aliphatic hydroxyl groups excluding tert-OH is 3. The SMILES string of the molecule is CCCCCCCC[C@H]1CC[C@@H]2OC(CCC(O)=C(O)C(=O)CO)C[C@H]12. The van der Waals surface area contributed by atoms with Crippen molar-refractivity contribution in [1.29, 1.82) is 0 Å². The Hall–Kier alpha value is -1.07. The molecule has 150 valence electrons. The molecule has 0 aromatic heterocycles. The van der Waals surface area contributed by atoms with Crippen LogP contribution in [0.4, 0.5) is 0 Å². The Balaban J connectivity index is 1.69. The van der Waals surface area contributed by atoms with Crippen molar-refractivity contribution in [3.8, 4) is 0 Å². The van der Waals surface area contributed by atoms with E-state index in [0.717, 1.165) is 18.8 Å². The summed E-state index contributed by atoms with van der Waals surface area (Å²) in [4.78, 5) is 11.2. The highest BCUT2D eigenvalue weighted by Gasteiger charge is 2.43. The fraction of sp³-hybridized carbons (Fsp3) is 0.857. The normalized spacial score (nSPS) is 28.8. The van der Waals surface area contributed by atoms with Crippen LogP contribution in [0.25, 0.3) is 0 Å². The van der Waals surface area contributed by atoms with E-state index in [1.54, 1.807) is 0 Å². The maximum atomic E-state index is 11.2. The Morgan fingerprint density at radius 3 is 2.50 bits per heavy atom. The first-order chi connectivity index (χ1) is 12.6. The summed E-state index contributed by atoms with van der Waals surface area (Å²) in [5.74, 6) is -0.496. The zero-order chi connectivity index (χ0) is 18.9. The van der Waals surface area contributed by atoms with Crippen molar-refractivity contribution in [2.45, 2.75) is 96.2 Å². The molecule has 0 aromatic rings. The monoisotopic (exact) mass is 368 g/mol. The van der Waals surface area contributed by atoms with Gasteiger partial charge in [-0.3, -0.25) is 4.79 Å². The second kappa shape index (κ2) is 10.9. The minimum atomic E-state index is -0.842. The van der Waals surface area contributed by atoms with E-state index < -0.39 is 18.1 Å². The smallest absolute Gasteiger partial charge is 0.225 e. The number of ketones is 1. The van der Waals surface area contributed by atoms with Gasteiger partial charge in [-0.05, 0) is 37.5 Å². The number of hydrogen-bond donors (Lipinski definition) is 3. The standard InChI is InChI=1S/C21H36O5/c1-2-3-4-5-6-7-8-15-9-12-20-17(15)13-16(26-20)10-11-18(23)21(25)19(24)14-22/h15-17,20,22-23,25H,2-14H2,1H3/t15-,16?,17+,20-/m0/s1. The van der Waals surface area contributed by atoms with Crippen LogP contribution in [0.3, 0.4) is 0 Å². The summed E-state index contributed by atoms with van der Waals surface area (Å²) in [7, 11) is 0. The van der Waals surface area contributed by atoms with Crippen LogP contribution in [0.2, 0.25) is 0 Å². The van der Waals surface area contributed by atoms with Gasteiger partial charge in [-0.1, -0.05) is 51.9 Å². The molecule has 5 nitrogen and oxygen atoms in total. The number of ether oxygens (including phenoxy) is 1. The number of unbranched alkanes of at least 4 members (excludes halogenated alkanes) is 5. The van der Waals surface area contributed by atoms with Crippen molar-refractivity contribution < 1.29 is 24.9 Å². The molecule has 1 heterocycles. The molecule has 0 spiro atoms. The third kappa shape index (κ3) is 5.98. The highest BCUT2D eigenvalue weighted by molar-refractivity contribution is 5.94. The number of fused-ring (bicyclic) bond motifs is 1. The molecule has 1 aliphatic carbocycles. The van der Waals surface area contributed by atoms with Gasteiger partial charge in [0.15, 0.2) is 5.76 Å². The highest BCUT2D eigenvalue weighted by Crippen LogP contribution is 2.46. The summed E-state index contributed by atoms with van der Waals surface area (Å²) >= 11 is 0. The molecule has 1 aliphatic heterocycles. The Bertz CT molecular complexity index is 473. The number of carbonyl (C=O) groups excluding carboxylic acids is 1. The van der Waals surface area contributed by atoms with E-state index in [0.29, 0.717) is 18.4 Å². The fourth-order valence-electron chi connectivity index (χ4n) is 4.61. The number of allylic oxidation sites excluding steroid dienone is 1. The van der Waals surface area contributed by atoms with Gasteiger partial charge in [-0.2, -0.15) is 0 Å². The summed E-state index contributed by atoms with van der Waals surface area (Å²) in [6.07, 6.45) is 14.0. The van der Waals surface area contributed by atoms with Crippen molar-refractivity contribution in [3.63, 3.8) is 0 Å². The second-order valence-electron chi connectivity index (χ2n) is 8.01. The molecule has 0 amide bonds. The molecule has 0 radical (unpaired) electrons. The van der Waals surface area contributed by atoms with Gasteiger partial charge in [-0.15, -0.1) is 0 Å². The Kier molecular flexibility index (Phi) is 8.93. The topological polar surface area (TPSA) is 87.0 Å². The summed E-state index contributed by atoms with van der Waals surface area (Å²) < 4.78 is 6.14. The van der Waals surface area contributed by atoms with Gasteiger partial charge in [0.05, 0.1) is 12.2 Å². The molecule has 4 atom stereocenters. The van der Waals surface area contributed by atoms with Crippen LogP contribution in [0.5, 0.6) is 0 Å². The van der Waals surface area contributed by atoms with Gasteiger partial charge in [-0.25, -0.2) is 0 Å². The molecule has 2 fully saturated rings. The Morgan fingerprint density at radius 2 is 1.77 bits per heavy atom. The lowest BCUT2D eigenvalue weighted by atomic mass is 9.87. The highest BCUT2D eigenvalue weighted by atomic mass is 16.5. The predicted octanol–water partition coefficient (Wildman–Crippen LogP) is 4.59. The van der Waals surface area contributed by atoms with Crippen LogP contribution in [0.15, 0.2) is 11.5 Å². The largest absolute Gasteiger partial charge is 0.508 e. The number of carbonyl (C=O) groups is 1. The summed E-state index contributed by atoms with van der Waals surface area (Å²) in [6.45, 7) is 1.46. The van der Waals surface area contributed by atoms with Gasteiger partial charge in [0.1, 0.15) is 12.4 Å². The lowest BCUT2D eigenvalue weighted by Crippen LogP contribution is -2.13. The van der Waals surface area contributed by atoms with Crippen LogP contribution < -0.4 is 0 Å². The minimum absolute atomic E-state index is 0.0940. The van der Waals surface area contributed by atoms with Crippen molar-refractivity contribution >= 4 is 5.78 Å². The molecule has 0 aromatic carbocycles. The fourth-order valence-corrected chi connectivity index (χ4v) is 4.61. The molecule has 2 rings (SSSR count). The van der Waals surface area contributed by atoms with Crippen molar-refractivity contribution in [3.05, 3.63) is 11.5 Å². The van der Waals surface area contributed by atoms with Crippen LogP contribution in [-0.2, 0) is 9.53 Å². The first-order valence-electron chi connectivity index (χ1n) is 10.5. The third-order valence-electron chi connectivity index (χ3n) is 6.12.